The molecule has 0 aromatic carbocycles. The van der Waals surface area contributed by atoms with Gasteiger partial charge in [0.05, 0.1) is 12.2 Å². The summed E-state index contributed by atoms with van der Waals surface area (Å²) in [6.07, 6.45) is 1.40. The quantitative estimate of drug-likeness (QED) is 0.859. The van der Waals surface area contributed by atoms with E-state index in [0.717, 1.165) is 11.5 Å². The summed E-state index contributed by atoms with van der Waals surface area (Å²) in [7, 11) is 0. The monoisotopic (exact) mass is 266 g/mol. The molecule has 0 spiro atoms. The van der Waals surface area contributed by atoms with Crippen LogP contribution < -0.4 is 5.32 Å². The molecule has 0 saturated heterocycles. The number of carbonyl (C=O) groups excluding carboxylic acids is 1. The number of nitrogens with zero attached hydrogens (tertiary/aromatic N) is 4. The van der Waals surface area contributed by atoms with Crippen molar-refractivity contribution in [3.8, 4) is 0 Å². The summed E-state index contributed by atoms with van der Waals surface area (Å²) in [4.78, 5) is 16.5. The van der Waals surface area contributed by atoms with Crippen LogP contribution in [0.4, 0.5) is 0 Å². The van der Waals surface area contributed by atoms with Crippen LogP contribution in [0.1, 0.15) is 42.0 Å². The number of H-pyrrole nitrogens is 1. The molecule has 2 aromatic rings. The van der Waals surface area contributed by atoms with Gasteiger partial charge in [-0.3, -0.25) is 9.89 Å². The summed E-state index contributed by atoms with van der Waals surface area (Å²) >= 11 is 1.10. The molecule has 0 saturated carbocycles. The number of amides is 1. The van der Waals surface area contributed by atoms with E-state index in [1.165, 1.54) is 6.33 Å². The fraction of sp³-hybridized carbons (Fsp3) is 0.500. The number of hydrogen-bond donors (Lipinski definition) is 2. The van der Waals surface area contributed by atoms with Crippen molar-refractivity contribution < 1.29 is 4.79 Å². The van der Waals surface area contributed by atoms with Crippen LogP contribution in [-0.2, 0) is 12.0 Å². The van der Waals surface area contributed by atoms with E-state index in [9.17, 15) is 4.79 Å². The molecular formula is C10H14N6OS. The Bertz CT molecular complexity index is 527. The molecule has 8 heteroatoms. The summed E-state index contributed by atoms with van der Waals surface area (Å²) in [6, 6.07) is 0. The van der Waals surface area contributed by atoms with E-state index >= 15 is 0 Å². The van der Waals surface area contributed by atoms with E-state index in [1.807, 2.05) is 20.8 Å². The number of carbonyl (C=O) groups is 1. The zero-order chi connectivity index (χ0) is 13.2. The minimum Gasteiger partial charge on any atom is -0.344 e. The molecule has 0 aliphatic carbocycles. The van der Waals surface area contributed by atoms with Crippen molar-refractivity contribution in [1.29, 1.82) is 0 Å². The Kier molecular flexibility index (Phi) is 3.37. The van der Waals surface area contributed by atoms with Gasteiger partial charge in [0.1, 0.15) is 17.0 Å². The van der Waals surface area contributed by atoms with E-state index < -0.39 is 0 Å². The summed E-state index contributed by atoms with van der Waals surface area (Å²) in [5.74, 6) is 0.421. The fourth-order valence-electron chi connectivity index (χ4n) is 1.39. The smallest absolute Gasteiger partial charge is 0.265 e. The number of nitrogens with one attached hydrogen (secondary N) is 2. The summed E-state index contributed by atoms with van der Waals surface area (Å²) in [6.45, 7) is 6.30. The molecule has 0 unspecified atom stereocenters. The highest BCUT2D eigenvalue weighted by Crippen LogP contribution is 2.25. The van der Waals surface area contributed by atoms with Crippen molar-refractivity contribution in [2.45, 2.75) is 32.7 Å². The van der Waals surface area contributed by atoms with Crippen LogP contribution >= 0.6 is 11.5 Å². The first kappa shape index (κ1) is 12.6. The molecule has 96 valence electrons. The average Bonchev–Trinajstić information content (AvgIpc) is 2.95. The third-order valence-electron chi connectivity index (χ3n) is 2.29. The summed E-state index contributed by atoms with van der Waals surface area (Å²) in [5, 5.41) is 13.2. The lowest BCUT2D eigenvalue weighted by Crippen LogP contribution is -2.26. The van der Waals surface area contributed by atoms with E-state index in [0.29, 0.717) is 22.9 Å². The fourth-order valence-corrected chi connectivity index (χ4v) is 2.18. The Labute approximate surface area is 108 Å². The first-order chi connectivity index (χ1) is 8.48. The second kappa shape index (κ2) is 4.81. The van der Waals surface area contributed by atoms with E-state index in [-0.39, 0.29) is 11.3 Å². The highest BCUT2D eigenvalue weighted by atomic mass is 32.1. The predicted molar refractivity (Wildman–Crippen MR) is 66.2 cm³/mol. The van der Waals surface area contributed by atoms with Crippen LogP contribution in [0.15, 0.2) is 6.33 Å². The van der Waals surface area contributed by atoms with Crippen LogP contribution in [0, 0.1) is 0 Å². The molecule has 2 rings (SSSR count). The summed E-state index contributed by atoms with van der Waals surface area (Å²) < 4.78 is 3.85. The molecular weight excluding hydrogens is 252 g/mol. The Balaban J connectivity index is 2.08. The highest BCUT2D eigenvalue weighted by Gasteiger charge is 2.26. The highest BCUT2D eigenvalue weighted by molar-refractivity contribution is 7.08. The van der Waals surface area contributed by atoms with E-state index in [4.69, 9.17) is 0 Å². The Morgan fingerprint density at radius 3 is 2.89 bits per heavy atom. The van der Waals surface area contributed by atoms with Gasteiger partial charge >= 0.3 is 0 Å². The van der Waals surface area contributed by atoms with Gasteiger partial charge in [-0.25, -0.2) is 4.98 Å². The maximum atomic E-state index is 12.0. The molecule has 0 aliphatic heterocycles. The Morgan fingerprint density at radius 2 is 2.28 bits per heavy atom. The maximum Gasteiger partial charge on any atom is 0.265 e. The Morgan fingerprint density at radius 1 is 1.50 bits per heavy atom. The van der Waals surface area contributed by atoms with Crippen molar-refractivity contribution >= 4 is 17.4 Å². The summed E-state index contributed by atoms with van der Waals surface area (Å²) in [5.41, 5.74) is 0.508. The normalized spacial score (nSPS) is 11.5. The van der Waals surface area contributed by atoms with Gasteiger partial charge < -0.3 is 5.32 Å². The topological polar surface area (TPSA) is 96.5 Å². The lowest BCUT2D eigenvalue weighted by Gasteiger charge is -2.15. The van der Waals surface area contributed by atoms with Crippen molar-refractivity contribution in [2.24, 2.45) is 0 Å². The van der Waals surface area contributed by atoms with Gasteiger partial charge in [-0.2, -0.15) is 5.10 Å². The van der Waals surface area contributed by atoms with Gasteiger partial charge in [0.2, 0.25) is 0 Å². The van der Waals surface area contributed by atoms with Crippen molar-refractivity contribution in [1.82, 2.24) is 30.1 Å². The average molecular weight is 266 g/mol. The van der Waals surface area contributed by atoms with Crippen LogP contribution in [0.25, 0.3) is 0 Å². The van der Waals surface area contributed by atoms with Crippen LogP contribution in [0.5, 0.6) is 0 Å². The SMILES string of the molecule is CC(C)(C)c1nnsc1C(=O)NCc1ncn[nH]1. The van der Waals surface area contributed by atoms with Gasteiger partial charge in [-0.05, 0) is 11.5 Å². The molecule has 0 bridgehead atoms. The zero-order valence-corrected chi connectivity index (χ0v) is 11.2. The number of aromatic amines is 1. The second-order valence-electron chi connectivity index (χ2n) is 4.82. The standard InChI is InChI=1S/C10H14N6OS/c1-10(2,3)8-7(18-16-15-8)9(17)11-4-6-12-5-13-14-6/h5H,4H2,1-3H3,(H,11,17)(H,12,13,14). The molecule has 0 radical (unpaired) electrons. The van der Waals surface area contributed by atoms with Crippen molar-refractivity contribution in [3.63, 3.8) is 0 Å². The number of hydrogen-bond acceptors (Lipinski definition) is 6. The van der Waals surface area contributed by atoms with Crippen LogP contribution in [0.2, 0.25) is 0 Å². The number of aromatic nitrogens is 5. The second-order valence-corrected chi connectivity index (χ2v) is 5.57. The molecule has 2 aromatic heterocycles. The van der Waals surface area contributed by atoms with Gasteiger partial charge in [-0.15, -0.1) is 5.10 Å². The van der Waals surface area contributed by atoms with Gasteiger partial charge in [0, 0.05) is 5.41 Å². The van der Waals surface area contributed by atoms with Gasteiger partial charge in [0.25, 0.3) is 5.91 Å². The Hall–Kier alpha value is -1.83. The lowest BCUT2D eigenvalue weighted by molar-refractivity contribution is 0.0951. The van der Waals surface area contributed by atoms with Crippen LogP contribution in [-0.4, -0.2) is 30.7 Å². The minimum atomic E-state index is -0.202. The van der Waals surface area contributed by atoms with Gasteiger partial charge in [-0.1, -0.05) is 25.3 Å². The first-order valence-electron chi connectivity index (χ1n) is 5.44. The molecule has 1 amide bonds. The van der Waals surface area contributed by atoms with Crippen molar-refractivity contribution in [2.75, 3.05) is 0 Å². The minimum absolute atomic E-state index is 0.189. The number of rotatable bonds is 3. The maximum absolute atomic E-state index is 12.0. The third kappa shape index (κ3) is 2.70. The third-order valence-corrected chi connectivity index (χ3v) is 3.01. The molecule has 2 N–H and O–H groups in total. The zero-order valence-electron chi connectivity index (χ0n) is 10.4. The predicted octanol–water partition coefficient (Wildman–Crippen LogP) is 0.884. The molecule has 7 nitrogen and oxygen atoms in total. The molecule has 0 aliphatic rings. The molecule has 0 fully saturated rings. The lowest BCUT2D eigenvalue weighted by atomic mass is 9.91. The molecule has 0 atom stereocenters. The van der Waals surface area contributed by atoms with Gasteiger partial charge in [0.15, 0.2) is 0 Å². The first-order valence-corrected chi connectivity index (χ1v) is 6.21. The molecule has 18 heavy (non-hydrogen) atoms. The van der Waals surface area contributed by atoms with E-state index in [1.54, 1.807) is 0 Å². The molecule has 2 heterocycles. The van der Waals surface area contributed by atoms with E-state index in [2.05, 4.69) is 30.1 Å². The van der Waals surface area contributed by atoms with Crippen molar-refractivity contribution in [3.05, 3.63) is 22.7 Å². The largest absolute Gasteiger partial charge is 0.344 e. The van der Waals surface area contributed by atoms with Crippen LogP contribution in [0.3, 0.4) is 0 Å².